The van der Waals surface area contributed by atoms with Crippen molar-refractivity contribution in [3.63, 3.8) is 0 Å². The predicted octanol–water partition coefficient (Wildman–Crippen LogP) is 3.90. The van der Waals surface area contributed by atoms with E-state index in [9.17, 15) is 4.79 Å². The van der Waals surface area contributed by atoms with Crippen molar-refractivity contribution in [3.05, 3.63) is 35.9 Å². The van der Waals surface area contributed by atoms with Crippen LogP contribution in [-0.2, 0) is 16.1 Å². The second-order valence-corrected chi connectivity index (χ2v) is 7.82. The van der Waals surface area contributed by atoms with E-state index >= 15 is 0 Å². The Bertz CT molecular complexity index is 572. The lowest BCUT2D eigenvalue weighted by Crippen LogP contribution is -2.62. The number of nitrogens with one attached hydrogen (secondary N) is 1. The van der Waals surface area contributed by atoms with Crippen molar-refractivity contribution in [1.29, 1.82) is 0 Å². The van der Waals surface area contributed by atoms with Crippen molar-refractivity contribution >= 4 is 6.09 Å². The summed E-state index contributed by atoms with van der Waals surface area (Å²) in [5.74, 6) is 1.88. The molecular formula is C20H27NO3. The third-order valence-electron chi connectivity index (χ3n) is 6.16. The van der Waals surface area contributed by atoms with Crippen LogP contribution in [0.2, 0.25) is 0 Å². The molecule has 4 saturated carbocycles. The molecule has 1 amide bonds. The van der Waals surface area contributed by atoms with E-state index in [1.807, 2.05) is 30.3 Å². The third-order valence-corrected chi connectivity index (χ3v) is 6.16. The Morgan fingerprint density at radius 3 is 2.54 bits per heavy atom. The fourth-order valence-electron chi connectivity index (χ4n) is 5.57. The SMILES string of the molecule is CCO[C@@]12CC3C[C@H](C1)[C@H](NC(=O)OCc1ccccc1)[C@@H](C3)C2. The summed E-state index contributed by atoms with van der Waals surface area (Å²) in [7, 11) is 0. The quantitative estimate of drug-likeness (QED) is 0.891. The fraction of sp³-hybridized carbons (Fsp3) is 0.650. The normalized spacial score (nSPS) is 36.5. The minimum absolute atomic E-state index is 0.0946. The maximum Gasteiger partial charge on any atom is 0.407 e. The molecule has 4 bridgehead atoms. The number of benzene rings is 1. The average Bonchev–Trinajstić information content (AvgIpc) is 2.56. The van der Waals surface area contributed by atoms with E-state index in [1.165, 1.54) is 19.3 Å². The molecule has 24 heavy (non-hydrogen) atoms. The lowest BCUT2D eigenvalue weighted by molar-refractivity contribution is -0.169. The number of hydrogen-bond donors (Lipinski definition) is 1. The second kappa shape index (κ2) is 6.40. The molecule has 0 spiro atoms. The highest BCUT2D eigenvalue weighted by atomic mass is 16.5. The van der Waals surface area contributed by atoms with Gasteiger partial charge >= 0.3 is 6.09 Å². The van der Waals surface area contributed by atoms with E-state index in [4.69, 9.17) is 9.47 Å². The van der Waals surface area contributed by atoms with Crippen molar-refractivity contribution < 1.29 is 14.3 Å². The summed E-state index contributed by atoms with van der Waals surface area (Å²) in [6.07, 6.45) is 5.60. The van der Waals surface area contributed by atoms with Gasteiger partial charge in [0.2, 0.25) is 0 Å². The first-order valence-corrected chi connectivity index (χ1v) is 9.28. The zero-order chi connectivity index (χ0) is 16.6. The lowest BCUT2D eigenvalue weighted by Gasteiger charge is -2.59. The van der Waals surface area contributed by atoms with E-state index in [2.05, 4.69) is 12.2 Å². The second-order valence-electron chi connectivity index (χ2n) is 7.82. The number of alkyl carbamates (subject to hydrolysis) is 1. The zero-order valence-electron chi connectivity index (χ0n) is 14.4. The molecule has 4 fully saturated rings. The van der Waals surface area contributed by atoms with E-state index in [-0.39, 0.29) is 17.7 Å². The van der Waals surface area contributed by atoms with Gasteiger partial charge in [0.15, 0.2) is 0 Å². The number of rotatable bonds is 5. The van der Waals surface area contributed by atoms with Gasteiger partial charge < -0.3 is 14.8 Å². The summed E-state index contributed by atoms with van der Waals surface area (Å²) in [5.41, 5.74) is 1.12. The Balaban J connectivity index is 1.35. The summed E-state index contributed by atoms with van der Waals surface area (Å²) >= 11 is 0. The summed E-state index contributed by atoms with van der Waals surface area (Å²) in [4.78, 5) is 12.2. The highest BCUT2D eigenvalue weighted by molar-refractivity contribution is 5.67. The molecule has 0 heterocycles. The number of ether oxygens (including phenoxy) is 2. The zero-order valence-corrected chi connectivity index (χ0v) is 14.4. The summed E-state index contributed by atoms with van der Waals surface area (Å²) in [6.45, 7) is 3.22. The van der Waals surface area contributed by atoms with Crippen LogP contribution in [0.4, 0.5) is 4.79 Å². The van der Waals surface area contributed by atoms with Gasteiger partial charge in [-0.2, -0.15) is 0 Å². The summed E-state index contributed by atoms with van der Waals surface area (Å²) in [5, 5.41) is 3.17. The van der Waals surface area contributed by atoms with Crippen molar-refractivity contribution in [3.8, 4) is 0 Å². The molecule has 5 atom stereocenters. The van der Waals surface area contributed by atoms with Crippen LogP contribution < -0.4 is 5.32 Å². The molecule has 1 aromatic carbocycles. The topological polar surface area (TPSA) is 47.6 Å². The molecule has 0 aromatic heterocycles. The Labute approximate surface area is 143 Å². The molecule has 4 nitrogen and oxygen atoms in total. The predicted molar refractivity (Wildman–Crippen MR) is 91.5 cm³/mol. The number of carbonyl (C=O) groups excluding carboxylic acids is 1. The van der Waals surface area contributed by atoms with Gasteiger partial charge in [0.25, 0.3) is 0 Å². The molecule has 130 valence electrons. The maximum atomic E-state index is 12.2. The Morgan fingerprint density at radius 2 is 1.88 bits per heavy atom. The van der Waals surface area contributed by atoms with E-state index in [0.29, 0.717) is 18.4 Å². The number of carbonyl (C=O) groups is 1. The van der Waals surface area contributed by atoms with Crippen LogP contribution in [0.1, 0.15) is 44.6 Å². The van der Waals surface area contributed by atoms with Gasteiger partial charge in [-0.1, -0.05) is 30.3 Å². The highest BCUT2D eigenvalue weighted by Gasteiger charge is 2.56. The molecule has 4 aliphatic rings. The van der Waals surface area contributed by atoms with Crippen LogP contribution in [0.5, 0.6) is 0 Å². The monoisotopic (exact) mass is 329 g/mol. The average molecular weight is 329 g/mol. The van der Waals surface area contributed by atoms with Gasteiger partial charge in [-0.25, -0.2) is 4.79 Å². The molecular weight excluding hydrogens is 302 g/mol. The highest BCUT2D eigenvalue weighted by Crippen LogP contribution is 2.57. The molecule has 0 radical (unpaired) electrons. The van der Waals surface area contributed by atoms with Gasteiger partial charge in [0, 0.05) is 12.6 Å². The van der Waals surface area contributed by atoms with Gasteiger partial charge in [0.05, 0.1) is 5.60 Å². The first kappa shape index (κ1) is 15.9. The molecule has 1 aromatic rings. The van der Waals surface area contributed by atoms with Gasteiger partial charge in [-0.05, 0) is 62.3 Å². The lowest BCUT2D eigenvalue weighted by atomic mass is 9.52. The summed E-state index contributed by atoms with van der Waals surface area (Å²) in [6, 6.07) is 10.1. The standard InChI is InChI=1S/C20H27NO3/c1-2-24-20-10-15-8-16(11-20)18(17(9-15)12-20)21-19(22)23-13-14-6-4-3-5-7-14/h3-7,15-18H,2,8-13H2,1H3,(H,21,22)/t15?,16-,17+,18+,20+. The third kappa shape index (κ3) is 3.04. The first-order valence-electron chi connectivity index (χ1n) is 9.28. The molecule has 4 aliphatic carbocycles. The van der Waals surface area contributed by atoms with Gasteiger partial charge in [0.1, 0.15) is 6.61 Å². The minimum Gasteiger partial charge on any atom is -0.445 e. The molecule has 4 heteroatoms. The first-order chi connectivity index (χ1) is 11.7. The number of amides is 1. The van der Waals surface area contributed by atoms with Crippen molar-refractivity contribution in [2.75, 3.05) is 6.61 Å². The van der Waals surface area contributed by atoms with Crippen LogP contribution >= 0.6 is 0 Å². The Hall–Kier alpha value is -1.55. The Kier molecular flexibility index (Phi) is 4.25. The van der Waals surface area contributed by atoms with Crippen LogP contribution in [0.25, 0.3) is 0 Å². The van der Waals surface area contributed by atoms with Crippen LogP contribution in [0.15, 0.2) is 30.3 Å². The van der Waals surface area contributed by atoms with Crippen LogP contribution in [0, 0.1) is 17.8 Å². The van der Waals surface area contributed by atoms with Crippen molar-refractivity contribution in [2.24, 2.45) is 17.8 Å². The van der Waals surface area contributed by atoms with Crippen molar-refractivity contribution in [1.82, 2.24) is 5.32 Å². The van der Waals surface area contributed by atoms with E-state index in [1.54, 1.807) is 0 Å². The van der Waals surface area contributed by atoms with Gasteiger partial charge in [-0.15, -0.1) is 0 Å². The summed E-state index contributed by atoms with van der Waals surface area (Å²) < 4.78 is 11.6. The smallest absolute Gasteiger partial charge is 0.407 e. The molecule has 0 aliphatic heterocycles. The Morgan fingerprint density at radius 1 is 1.17 bits per heavy atom. The minimum atomic E-state index is -0.276. The number of hydrogen-bond acceptors (Lipinski definition) is 3. The molecule has 1 unspecified atom stereocenters. The molecule has 5 rings (SSSR count). The molecule has 0 saturated heterocycles. The van der Waals surface area contributed by atoms with Crippen LogP contribution in [0.3, 0.4) is 0 Å². The van der Waals surface area contributed by atoms with E-state index < -0.39 is 0 Å². The van der Waals surface area contributed by atoms with Crippen molar-refractivity contribution in [2.45, 2.75) is 57.3 Å². The van der Waals surface area contributed by atoms with Gasteiger partial charge in [-0.3, -0.25) is 0 Å². The maximum absolute atomic E-state index is 12.2. The van der Waals surface area contributed by atoms with E-state index in [0.717, 1.165) is 30.9 Å². The fourth-order valence-corrected chi connectivity index (χ4v) is 5.57. The largest absolute Gasteiger partial charge is 0.445 e. The molecule has 1 N–H and O–H groups in total. The van der Waals surface area contributed by atoms with Crippen LogP contribution in [-0.4, -0.2) is 24.3 Å².